The summed E-state index contributed by atoms with van der Waals surface area (Å²) >= 11 is 1.73. The quantitative estimate of drug-likeness (QED) is 0.166. The summed E-state index contributed by atoms with van der Waals surface area (Å²) in [5, 5.41) is 5.48. The van der Waals surface area contributed by atoms with E-state index in [2.05, 4.69) is 120 Å². The van der Waals surface area contributed by atoms with Crippen LogP contribution in [0.5, 0.6) is 0 Å². The third-order valence-corrected chi connectivity index (χ3v) is 13.1. The van der Waals surface area contributed by atoms with Crippen LogP contribution in [0.15, 0.2) is 199 Å². The Morgan fingerprint density at radius 3 is 1.79 bits per heavy atom. The van der Waals surface area contributed by atoms with Gasteiger partial charge in [0.15, 0.2) is 28.9 Å². The maximum absolute atomic E-state index is 6.65. The van der Waals surface area contributed by atoms with E-state index in [1.54, 1.807) is 11.3 Å². The highest BCUT2D eigenvalue weighted by Gasteiger charge is 2.23. The molecule has 0 radical (unpaired) electrons. The lowest BCUT2D eigenvalue weighted by Gasteiger charge is -2.10. The fourth-order valence-electron chi connectivity index (χ4n) is 9.02. The topological polar surface area (TPSA) is 82.5 Å². The van der Waals surface area contributed by atoms with Crippen molar-refractivity contribution >= 4 is 75.4 Å². The third kappa shape index (κ3) is 5.69. The van der Waals surface area contributed by atoms with Crippen LogP contribution in [0, 0.1) is 0 Å². The van der Waals surface area contributed by atoms with Gasteiger partial charge in [0, 0.05) is 69.8 Å². The summed E-state index contributed by atoms with van der Waals surface area (Å²) in [6.07, 6.45) is 0. The zero-order valence-corrected chi connectivity index (χ0v) is 34.3. The van der Waals surface area contributed by atoms with E-state index in [-0.39, 0.29) is 0 Å². The third-order valence-electron chi connectivity index (χ3n) is 11.9. The van der Waals surface area contributed by atoms with Gasteiger partial charge < -0.3 is 8.98 Å². The smallest absolute Gasteiger partial charge is 0.180 e. The molecule has 0 N–H and O–H groups in total. The van der Waals surface area contributed by atoms with Gasteiger partial charge in [-0.25, -0.2) is 24.9 Å². The Hall–Kier alpha value is -8.33. The zero-order valence-electron chi connectivity index (χ0n) is 33.5. The van der Waals surface area contributed by atoms with Gasteiger partial charge in [0.2, 0.25) is 0 Å². The second-order valence-electron chi connectivity index (χ2n) is 15.6. The van der Waals surface area contributed by atoms with Crippen molar-refractivity contribution in [1.29, 1.82) is 0 Å². The molecule has 0 fully saturated rings. The Labute approximate surface area is 364 Å². The molecule has 5 aromatic heterocycles. The Bertz CT molecular complexity index is 3860. The van der Waals surface area contributed by atoms with E-state index in [9.17, 15) is 0 Å². The molecule has 0 atom stereocenters. The molecule has 5 heterocycles. The van der Waals surface area contributed by atoms with Crippen molar-refractivity contribution in [3.8, 4) is 62.5 Å². The highest BCUT2D eigenvalue weighted by Crippen LogP contribution is 2.45. The lowest BCUT2D eigenvalue weighted by atomic mass is 10.0. The van der Waals surface area contributed by atoms with E-state index >= 15 is 0 Å². The van der Waals surface area contributed by atoms with Gasteiger partial charge in [-0.15, -0.1) is 11.3 Å². The van der Waals surface area contributed by atoms with Crippen LogP contribution in [0.2, 0.25) is 0 Å². The first-order chi connectivity index (χ1) is 31.2. The number of rotatable bonds is 6. The number of para-hydroxylation sites is 3. The zero-order chi connectivity index (χ0) is 41.4. The molecule has 63 heavy (non-hydrogen) atoms. The Balaban J connectivity index is 1.04. The standard InChI is InChI=1S/C55H32N6OS/c1-4-16-33(17-5-1)52-58-53(34-18-6-2-7-19-34)60-54(59-52)41-25-15-29-46-47(41)40-24-14-26-42(51(40)63-46)55-56-48(50-49(57-55)39-23-11-13-28-45(39)62-50)35-30-31-38-37-22-10-12-27-43(37)61(44(38)32-35)36-20-8-3-9-21-36/h1-32H. The summed E-state index contributed by atoms with van der Waals surface area (Å²) in [4.78, 5) is 26.0. The van der Waals surface area contributed by atoms with Crippen LogP contribution in [0.25, 0.3) is 127 Å². The number of nitrogens with zero attached hydrogens (tertiary/aromatic N) is 6. The van der Waals surface area contributed by atoms with Crippen molar-refractivity contribution in [2.75, 3.05) is 0 Å². The lowest BCUT2D eigenvalue weighted by Crippen LogP contribution is -2.00. The molecule has 0 aliphatic heterocycles. The van der Waals surface area contributed by atoms with Gasteiger partial charge in [-0.1, -0.05) is 146 Å². The average Bonchev–Trinajstić information content (AvgIpc) is 4.04. The van der Waals surface area contributed by atoms with Gasteiger partial charge >= 0.3 is 0 Å². The minimum Gasteiger partial charge on any atom is -0.452 e. The molecule has 8 aromatic carbocycles. The molecule has 0 bridgehead atoms. The van der Waals surface area contributed by atoms with Crippen LogP contribution in [-0.4, -0.2) is 29.5 Å². The largest absolute Gasteiger partial charge is 0.452 e. The van der Waals surface area contributed by atoms with Gasteiger partial charge in [0.1, 0.15) is 16.8 Å². The number of fused-ring (bicyclic) bond motifs is 9. The maximum Gasteiger partial charge on any atom is 0.180 e. The van der Waals surface area contributed by atoms with Crippen LogP contribution in [0.3, 0.4) is 0 Å². The average molecular weight is 825 g/mol. The van der Waals surface area contributed by atoms with Crippen molar-refractivity contribution in [3.05, 3.63) is 194 Å². The molecule has 0 aliphatic rings. The fourth-order valence-corrected chi connectivity index (χ4v) is 10.3. The van der Waals surface area contributed by atoms with Crippen LogP contribution in [0.1, 0.15) is 0 Å². The predicted molar refractivity (Wildman–Crippen MR) is 257 cm³/mol. The monoisotopic (exact) mass is 824 g/mol. The van der Waals surface area contributed by atoms with Crippen molar-refractivity contribution in [3.63, 3.8) is 0 Å². The second-order valence-corrected chi connectivity index (χ2v) is 16.6. The minimum atomic E-state index is 0.617. The first kappa shape index (κ1) is 35.4. The highest BCUT2D eigenvalue weighted by molar-refractivity contribution is 7.26. The number of hydrogen-bond donors (Lipinski definition) is 0. The number of hydrogen-bond acceptors (Lipinski definition) is 7. The summed E-state index contributed by atoms with van der Waals surface area (Å²) in [7, 11) is 0. The maximum atomic E-state index is 6.65. The van der Waals surface area contributed by atoms with E-state index < -0.39 is 0 Å². The summed E-state index contributed by atoms with van der Waals surface area (Å²) in [5.41, 5.74) is 11.0. The van der Waals surface area contributed by atoms with Crippen molar-refractivity contribution in [1.82, 2.24) is 29.5 Å². The summed E-state index contributed by atoms with van der Waals surface area (Å²) < 4.78 is 11.2. The molecule has 0 saturated heterocycles. The number of furan rings is 1. The van der Waals surface area contributed by atoms with Gasteiger partial charge in [-0.05, 0) is 48.5 Å². The van der Waals surface area contributed by atoms with Gasteiger partial charge in [0.05, 0.1) is 11.0 Å². The van der Waals surface area contributed by atoms with E-state index in [4.69, 9.17) is 29.3 Å². The molecule has 13 aromatic rings. The lowest BCUT2D eigenvalue weighted by molar-refractivity contribution is 0.667. The molecule has 294 valence electrons. The molecular formula is C55H32N6OS. The molecule has 0 aliphatic carbocycles. The van der Waals surface area contributed by atoms with Gasteiger partial charge in [-0.3, -0.25) is 0 Å². The van der Waals surface area contributed by atoms with Crippen LogP contribution >= 0.6 is 11.3 Å². The summed E-state index contributed by atoms with van der Waals surface area (Å²) in [5.74, 6) is 2.50. The SMILES string of the molecule is c1ccc(-c2nc(-c3ccccc3)nc(-c3cccc4sc5c(-c6nc(-c7ccc8c9ccccc9n(-c9ccccc9)c8c7)c7oc8ccccc8c7n6)cccc5c34)n2)cc1. The number of benzene rings is 8. The second kappa shape index (κ2) is 14.1. The first-order valence-corrected chi connectivity index (χ1v) is 21.7. The molecule has 0 saturated carbocycles. The molecule has 7 nitrogen and oxygen atoms in total. The van der Waals surface area contributed by atoms with Crippen LogP contribution in [-0.2, 0) is 0 Å². The Morgan fingerprint density at radius 2 is 1.02 bits per heavy atom. The van der Waals surface area contributed by atoms with Crippen molar-refractivity contribution in [2.45, 2.75) is 0 Å². The first-order valence-electron chi connectivity index (χ1n) is 20.8. The summed E-state index contributed by atoms with van der Waals surface area (Å²) in [6, 6.07) is 66.8. The summed E-state index contributed by atoms with van der Waals surface area (Å²) in [6.45, 7) is 0. The number of thiophene rings is 1. The van der Waals surface area contributed by atoms with Gasteiger partial charge in [-0.2, -0.15) is 0 Å². The Kier molecular flexibility index (Phi) is 7.94. The predicted octanol–water partition coefficient (Wildman–Crippen LogP) is 14.4. The molecule has 0 amide bonds. The number of aromatic nitrogens is 6. The Morgan fingerprint density at radius 1 is 0.413 bits per heavy atom. The highest BCUT2D eigenvalue weighted by atomic mass is 32.1. The van der Waals surface area contributed by atoms with E-state index in [0.29, 0.717) is 28.9 Å². The van der Waals surface area contributed by atoms with E-state index in [1.165, 1.54) is 10.8 Å². The molecule has 0 unspecified atom stereocenters. The van der Waals surface area contributed by atoms with Gasteiger partial charge in [0.25, 0.3) is 0 Å². The van der Waals surface area contributed by atoms with E-state index in [0.717, 1.165) is 86.9 Å². The minimum absolute atomic E-state index is 0.617. The normalized spacial score (nSPS) is 11.8. The molecule has 0 spiro atoms. The van der Waals surface area contributed by atoms with Crippen LogP contribution < -0.4 is 0 Å². The molecular weight excluding hydrogens is 793 g/mol. The molecule has 13 rings (SSSR count). The van der Waals surface area contributed by atoms with Crippen molar-refractivity contribution < 1.29 is 4.42 Å². The fraction of sp³-hybridized carbons (Fsp3) is 0. The van der Waals surface area contributed by atoms with E-state index in [1.807, 2.05) is 78.9 Å². The molecule has 8 heteroatoms. The van der Waals surface area contributed by atoms with Crippen molar-refractivity contribution in [2.24, 2.45) is 0 Å². The van der Waals surface area contributed by atoms with Crippen LogP contribution in [0.4, 0.5) is 0 Å².